The molecule has 1 fully saturated rings. The maximum atomic E-state index is 6.27. The van der Waals surface area contributed by atoms with Crippen LogP contribution in [0.1, 0.15) is 23.6 Å². The summed E-state index contributed by atoms with van der Waals surface area (Å²) in [5.74, 6) is 1.97. The molecule has 0 N–H and O–H groups in total. The molecule has 2 aromatic carbocycles. The highest BCUT2D eigenvalue weighted by Crippen LogP contribution is 2.45. The van der Waals surface area contributed by atoms with Gasteiger partial charge >= 0.3 is 0 Å². The largest absolute Gasteiger partial charge is 0.455 e. The lowest BCUT2D eigenvalue weighted by Crippen LogP contribution is -2.32. The molecule has 0 spiro atoms. The first-order chi connectivity index (χ1) is 10.7. The number of anilines is 1. The molecule has 0 radical (unpaired) electrons. The molecule has 0 aromatic heterocycles. The standard InChI is InChI=1S/C19H22N2O/c1-14-8-9-18-15(12-14)17-13-20(2)10-5-11-21(17)16-6-3-4-7-19(16)22-18/h3-4,6-9,12,17H,5,10-11,13H2,1-2H3. The molecule has 0 aliphatic carbocycles. The van der Waals surface area contributed by atoms with Crippen molar-refractivity contribution in [2.75, 3.05) is 31.6 Å². The minimum atomic E-state index is 0.353. The molecule has 1 saturated heterocycles. The number of para-hydroxylation sites is 2. The van der Waals surface area contributed by atoms with Crippen LogP contribution in [0.3, 0.4) is 0 Å². The minimum Gasteiger partial charge on any atom is -0.455 e. The van der Waals surface area contributed by atoms with Crippen molar-refractivity contribution in [3.63, 3.8) is 0 Å². The first-order valence-corrected chi connectivity index (χ1v) is 8.05. The molecule has 2 aliphatic rings. The Bertz CT molecular complexity index is 698. The smallest absolute Gasteiger partial charge is 0.150 e. The van der Waals surface area contributed by atoms with Crippen LogP contribution in [0.25, 0.3) is 0 Å². The van der Waals surface area contributed by atoms with E-state index >= 15 is 0 Å². The van der Waals surface area contributed by atoms with Crippen LogP contribution in [-0.2, 0) is 0 Å². The fraction of sp³-hybridized carbons (Fsp3) is 0.368. The Balaban J connectivity index is 1.91. The summed E-state index contributed by atoms with van der Waals surface area (Å²) in [5, 5.41) is 0. The number of benzene rings is 2. The van der Waals surface area contributed by atoms with Crippen molar-refractivity contribution in [1.82, 2.24) is 4.90 Å². The molecule has 2 heterocycles. The van der Waals surface area contributed by atoms with Gasteiger partial charge in [0.1, 0.15) is 5.75 Å². The zero-order valence-electron chi connectivity index (χ0n) is 13.2. The van der Waals surface area contributed by atoms with Crippen molar-refractivity contribution in [2.24, 2.45) is 0 Å². The van der Waals surface area contributed by atoms with E-state index < -0.39 is 0 Å². The molecule has 4 rings (SSSR count). The number of aryl methyl sites for hydroxylation is 1. The number of likely N-dealkylation sites (N-methyl/N-ethyl adjacent to an activating group) is 1. The molecule has 1 unspecified atom stereocenters. The van der Waals surface area contributed by atoms with Crippen molar-refractivity contribution >= 4 is 5.69 Å². The molecule has 2 aromatic rings. The highest BCUT2D eigenvalue weighted by Gasteiger charge is 2.32. The predicted octanol–water partition coefficient (Wildman–Crippen LogP) is 3.98. The van der Waals surface area contributed by atoms with Gasteiger partial charge in [-0.1, -0.05) is 29.8 Å². The average molecular weight is 294 g/mol. The third kappa shape index (κ3) is 2.26. The van der Waals surface area contributed by atoms with Gasteiger partial charge in [0.25, 0.3) is 0 Å². The van der Waals surface area contributed by atoms with Crippen LogP contribution in [0, 0.1) is 6.92 Å². The van der Waals surface area contributed by atoms with E-state index in [0.29, 0.717) is 6.04 Å². The van der Waals surface area contributed by atoms with Gasteiger partial charge in [-0.05, 0) is 45.1 Å². The normalized spacial score (nSPS) is 21.0. The predicted molar refractivity (Wildman–Crippen MR) is 89.9 cm³/mol. The lowest BCUT2D eigenvalue weighted by atomic mass is 10.0. The van der Waals surface area contributed by atoms with Crippen molar-refractivity contribution in [1.29, 1.82) is 0 Å². The molecular formula is C19H22N2O. The first kappa shape index (κ1) is 13.6. The van der Waals surface area contributed by atoms with Crippen molar-refractivity contribution in [2.45, 2.75) is 19.4 Å². The highest BCUT2D eigenvalue weighted by atomic mass is 16.5. The molecule has 1 atom stereocenters. The summed E-state index contributed by atoms with van der Waals surface area (Å²) in [6, 6.07) is 15.3. The van der Waals surface area contributed by atoms with Crippen LogP contribution in [0.5, 0.6) is 11.5 Å². The number of hydrogen-bond donors (Lipinski definition) is 0. The van der Waals surface area contributed by atoms with E-state index in [-0.39, 0.29) is 0 Å². The van der Waals surface area contributed by atoms with E-state index in [1.165, 1.54) is 23.2 Å². The summed E-state index contributed by atoms with van der Waals surface area (Å²) in [4.78, 5) is 4.97. The van der Waals surface area contributed by atoms with Crippen LogP contribution in [0.2, 0.25) is 0 Å². The fourth-order valence-corrected chi connectivity index (χ4v) is 3.63. The number of hydrogen-bond acceptors (Lipinski definition) is 3. The van der Waals surface area contributed by atoms with E-state index in [9.17, 15) is 0 Å². The van der Waals surface area contributed by atoms with Crippen molar-refractivity contribution in [3.8, 4) is 11.5 Å². The van der Waals surface area contributed by atoms with Crippen LogP contribution in [0.4, 0.5) is 5.69 Å². The van der Waals surface area contributed by atoms with Gasteiger partial charge in [-0.15, -0.1) is 0 Å². The Kier molecular flexibility index (Phi) is 3.30. The van der Waals surface area contributed by atoms with Gasteiger partial charge in [0.15, 0.2) is 5.75 Å². The Labute approximate surface area is 132 Å². The average Bonchev–Trinajstić information content (AvgIpc) is 2.77. The highest BCUT2D eigenvalue weighted by molar-refractivity contribution is 5.64. The van der Waals surface area contributed by atoms with Gasteiger partial charge in [-0.3, -0.25) is 0 Å². The zero-order valence-corrected chi connectivity index (χ0v) is 13.2. The van der Waals surface area contributed by atoms with Crippen LogP contribution < -0.4 is 9.64 Å². The molecule has 114 valence electrons. The number of fused-ring (bicyclic) bond motifs is 5. The second-order valence-electron chi connectivity index (χ2n) is 6.44. The Morgan fingerprint density at radius 1 is 1.05 bits per heavy atom. The van der Waals surface area contributed by atoms with Crippen LogP contribution in [0.15, 0.2) is 42.5 Å². The molecule has 2 aliphatic heterocycles. The molecule has 3 nitrogen and oxygen atoms in total. The summed E-state index contributed by atoms with van der Waals surface area (Å²) in [6.07, 6.45) is 1.18. The molecular weight excluding hydrogens is 272 g/mol. The second-order valence-corrected chi connectivity index (χ2v) is 6.44. The van der Waals surface area contributed by atoms with Crippen LogP contribution >= 0.6 is 0 Å². The third-order valence-corrected chi connectivity index (χ3v) is 4.72. The summed E-state index contributed by atoms with van der Waals surface area (Å²) >= 11 is 0. The van der Waals surface area contributed by atoms with E-state index in [4.69, 9.17) is 4.74 Å². The monoisotopic (exact) mass is 294 g/mol. The van der Waals surface area contributed by atoms with Crippen molar-refractivity contribution < 1.29 is 4.74 Å². The topological polar surface area (TPSA) is 15.7 Å². The quantitative estimate of drug-likeness (QED) is 0.731. The van der Waals surface area contributed by atoms with E-state index in [0.717, 1.165) is 31.1 Å². The van der Waals surface area contributed by atoms with E-state index in [1.54, 1.807) is 0 Å². The van der Waals surface area contributed by atoms with E-state index in [2.05, 4.69) is 66.2 Å². The molecule has 22 heavy (non-hydrogen) atoms. The Morgan fingerprint density at radius 2 is 1.91 bits per heavy atom. The summed E-state index contributed by atoms with van der Waals surface area (Å²) < 4.78 is 6.27. The SMILES string of the molecule is Cc1ccc2c(c1)C1CN(C)CCCN1c1ccccc1O2. The maximum Gasteiger partial charge on any atom is 0.150 e. The summed E-state index contributed by atoms with van der Waals surface area (Å²) in [6.45, 7) is 5.41. The summed E-state index contributed by atoms with van der Waals surface area (Å²) in [5.41, 5.74) is 3.82. The molecule has 0 bridgehead atoms. The number of rotatable bonds is 0. The molecule has 3 heteroatoms. The fourth-order valence-electron chi connectivity index (χ4n) is 3.63. The second kappa shape index (κ2) is 5.33. The lowest BCUT2D eigenvalue weighted by molar-refractivity contribution is 0.332. The third-order valence-electron chi connectivity index (χ3n) is 4.72. The number of nitrogens with zero attached hydrogens (tertiary/aromatic N) is 2. The van der Waals surface area contributed by atoms with Crippen LogP contribution in [-0.4, -0.2) is 31.6 Å². The number of ether oxygens (including phenoxy) is 1. The van der Waals surface area contributed by atoms with Gasteiger partial charge in [-0.2, -0.15) is 0 Å². The minimum absolute atomic E-state index is 0.353. The van der Waals surface area contributed by atoms with E-state index in [1.807, 2.05) is 0 Å². The van der Waals surface area contributed by atoms with Gasteiger partial charge in [0, 0.05) is 18.7 Å². The maximum absolute atomic E-state index is 6.27. The zero-order chi connectivity index (χ0) is 15.1. The Morgan fingerprint density at radius 3 is 2.82 bits per heavy atom. The van der Waals surface area contributed by atoms with Gasteiger partial charge in [-0.25, -0.2) is 0 Å². The van der Waals surface area contributed by atoms with Crippen molar-refractivity contribution in [3.05, 3.63) is 53.6 Å². The first-order valence-electron chi connectivity index (χ1n) is 8.05. The van der Waals surface area contributed by atoms with Gasteiger partial charge in [0.2, 0.25) is 0 Å². The molecule has 0 saturated carbocycles. The Hall–Kier alpha value is -2.00. The molecule has 0 amide bonds. The van der Waals surface area contributed by atoms with Gasteiger partial charge < -0.3 is 14.5 Å². The summed E-state index contributed by atoms with van der Waals surface area (Å²) in [7, 11) is 2.22. The lowest BCUT2D eigenvalue weighted by Gasteiger charge is -2.32. The van der Waals surface area contributed by atoms with Gasteiger partial charge in [0.05, 0.1) is 11.7 Å².